The minimum absolute atomic E-state index is 0.0611. The molecule has 0 spiro atoms. The number of terminal acetylenes is 1. The Morgan fingerprint density at radius 3 is 2.74 bits per heavy atom. The molecule has 1 atom stereocenters. The van der Waals surface area contributed by atoms with Crippen molar-refractivity contribution >= 4 is 12.0 Å². The van der Waals surface area contributed by atoms with Crippen LogP contribution in [0, 0.1) is 18.3 Å². The van der Waals surface area contributed by atoms with Gasteiger partial charge in [0.25, 0.3) is 0 Å². The van der Waals surface area contributed by atoms with Gasteiger partial charge in [-0.3, -0.25) is 4.79 Å². The Hall–Kier alpha value is -1.70. The van der Waals surface area contributed by atoms with Crippen molar-refractivity contribution in [2.45, 2.75) is 39.2 Å². The van der Waals surface area contributed by atoms with Gasteiger partial charge in [-0.2, -0.15) is 0 Å². The lowest BCUT2D eigenvalue weighted by atomic mass is 10.0. The Morgan fingerprint density at radius 2 is 2.16 bits per heavy atom. The first kappa shape index (κ1) is 15.4. The van der Waals surface area contributed by atoms with Crippen LogP contribution in [-0.2, 0) is 9.53 Å². The van der Waals surface area contributed by atoms with E-state index in [-0.39, 0.29) is 24.5 Å². The summed E-state index contributed by atoms with van der Waals surface area (Å²) in [6.07, 6.45) is 5.99. The quantitative estimate of drug-likeness (QED) is 0.785. The molecular weight excluding hydrogens is 244 g/mol. The number of carbonyl (C=O) groups is 2. The number of hydrogen-bond donors (Lipinski definition) is 1. The Bertz CT molecular complexity index is 379. The van der Waals surface area contributed by atoms with Gasteiger partial charge in [-0.25, -0.2) is 4.79 Å². The van der Waals surface area contributed by atoms with E-state index < -0.39 is 5.60 Å². The third-order valence-corrected chi connectivity index (χ3v) is 2.80. The molecule has 0 aromatic rings. The summed E-state index contributed by atoms with van der Waals surface area (Å²) in [5.74, 6) is 2.48. The van der Waals surface area contributed by atoms with Gasteiger partial charge in [-0.05, 0) is 33.1 Å². The van der Waals surface area contributed by atoms with Crippen molar-refractivity contribution in [2.24, 2.45) is 5.92 Å². The molecule has 1 heterocycles. The van der Waals surface area contributed by atoms with Gasteiger partial charge in [-0.15, -0.1) is 6.42 Å². The molecule has 0 aliphatic carbocycles. The standard InChI is InChI=1S/C14H22N2O3/c1-5-7-15-12(17)9-11-6-8-16(10-11)13(18)19-14(2,3)4/h1,11H,6-10H2,2-4H3,(H,15,17)/t11-/m0/s1. The van der Waals surface area contributed by atoms with Crippen molar-refractivity contribution < 1.29 is 14.3 Å². The lowest BCUT2D eigenvalue weighted by molar-refractivity contribution is -0.121. The third-order valence-electron chi connectivity index (χ3n) is 2.80. The van der Waals surface area contributed by atoms with Crippen molar-refractivity contribution in [3.05, 3.63) is 0 Å². The number of rotatable bonds is 3. The van der Waals surface area contributed by atoms with Crippen molar-refractivity contribution in [2.75, 3.05) is 19.6 Å². The maximum absolute atomic E-state index is 11.8. The van der Waals surface area contributed by atoms with Crippen LogP contribution in [0.3, 0.4) is 0 Å². The first-order valence-corrected chi connectivity index (χ1v) is 6.50. The number of ether oxygens (including phenoxy) is 1. The molecule has 0 bridgehead atoms. The number of likely N-dealkylation sites (tertiary alicyclic amines) is 1. The largest absolute Gasteiger partial charge is 0.444 e. The summed E-state index contributed by atoms with van der Waals surface area (Å²) in [4.78, 5) is 25.0. The summed E-state index contributed by atoms with van der Waals surface area (Å²) >= 11 is 0. The molecule has 1 saturated heterocycles. The first-order valence-electron chi connectivity index (χ1n) is 6.50. The predicted octanol–water partition coefficient (Wildman–Crippen LogP) is 1.38. The Labute approximate surface area is 114 Å². The average molecular weight is 266 g/mol. The van der Waals surface area contributed by atoms with Crippen molar-refractivity contribution in [1.29, 1.82) is 0 Å². The number of carbonyl (C=O) groups excluding carboxylic acids is 2. The molecule has 0 radical (unpaired) electrons. The van der Waals surface area contributed by atoms with Crippen LogP contribution < -0.4 is 5.32 Å². The first-order chi connectivity index (χ1) is 8.81. The lowest BCUT2D eigenvalue weighted by Crippen LogP contribution is -2.35. The molecule has 1 aliphatic rings. The Balaban J connectivity index is 2.35. The van der Waals surface area contributed by atoms with Crippen molar-refractivity contribution in [1.82, 2.24) is 10.2 Å². The number of nitrogens with one attached hydrogen (secondary N) is 1. The van der Waals surface area contributed by atoms with Gasteiger partial charge in [-0.1, -0.05) is 5.92 Å². The molecule has 106 valence electrons. The maximum Gasteiger partial charge on any atom is 0.410 e. The van der Waals surface area contributed by atoms with Crippen LogP contribution >= 0.6 is 0 Å². The Morgan fingerprint density at radius 1 is 1.47 bits per heavy atom. The van der Waals surface area contributed by atoms with E-state index in [2.05, 4.69) is 11.2 Å². The normalized spacial score (nSPS) is 18.8. The molecule has 1 fully saturated rings. The molecule has 1 N–H and O–H groups in total. The van der Waals surface area contributed by atoms with E-state index in [0.29, 0.717) is 19.5 Å². The number of amides is 2. The predicted molar refractivity (Wildman–Crippen MR) is 72.4 cm³/mol. The summed E-state index contributed by atoms with van der Waals surface area (Å²) in [5, 5.41) is 2.63. The van der Waals surface area contributed by atoms with Crippen LogP contribution in [-0.4, -0.2) is 42.1 Å². The van der Waals surface area contributed by atoms with Gasteiger partial charge in [0.2, 0.25) is 5.91 Å². The smallest absolute Gasteiger partial charge is 0.410 e. The Kier molecular flexibility index (Phi) is 5.22. The maximum atomic E-state index is 11.8. The summed E-state index contributed by atoms with van der Waals surface area (Å²) in [6.45, 7) is 6.98. The molecule has 2 amide bonds. The van der Waals surface area contributed by atoms with Crippen LogP contribution in [0.1, 0.15) is 33.6 Å². The highest BCUT2D eigenvalue weighted by Gasteiger charge is 2.30. The zero-order chi connectivity index (χ0) is 14.5. The highest BCUT2D eigenvalue weighted by Crippen LogP contribution is 2.21. The molecule has 0 aromatic carbocycles. The van der Waals surface area contributed by atoms with E-state index >= 15 is 0 Å². The second kappa shape index (κ2) is 6.46. The van der Waals surface area contributed by atoms with Gasteiger partial charge >= 0.3 is 6.09 Å². The van der Waals surface area contributed by atoms with Gasteiger partial charge in [0, 0.05) is 19.5 Å². The monoisotopic (exact) mass is 266 g/mol. The molecule has 5 nitrogen and oxygen atoms in total. The summed E-state index contributed by atoms with van der Waals surface area (Å²) < 4.78 is 5.30. The van der Waals surface area contributed by atoms with Crippen LogP contribution in [0.4, 0.5) is 4.79 Å². The molecule has 19 heavy (non-hydrogen) atoms. The fourth-order valence-electron chi connectivity index (χ4n) is 1.98. The van der Waals surface area contributed by atoms with E-state index in [1.165, 1.54) is 0 Å². The second-order valence-corrected chi connectivity index (χ2v) is 5.77. The van der Waals surface area contributed by atoms with E-state index in [1.54, 1.807) is 4.90 Å². The van der Waals surface area contributed by atoms with Crippen LogP contribution in [0.5, 0.6) is 0 Å². The van der Waals surface area contributed by atoms with E-state index in [4.69, 9.17) is 11.2 Å². The zero-order valence-electron chi connectivity index (χ0n) is 11.9. The van der Waals surface area contributed by atoms with Crippen LogP contribution in [0.25, 0.3) is 0 Å². The van der Waals surface area contributed by atoms with E-state index in [1.807, 2.05) is 20.8 Å². The number of hydrogen-bond acceptors (Lipinski definition) is 3. The average Bonchev–Trinajstić information content (AvgIpc) is 2.72. The highest BCUT2D eigenvalue weighted by atomic mass is 16.6. The summed E-state index contributed by atoms with van der Waals surface area (Å²) in [7, 11) is 0. The van der Waals surface area contributed by atoms with Gasteiger partial charge in [0.05, 0.1) is 6.54 Å². The lowest BCUT2D eigenvalue weighted by Gasteiger charge is -2.24. The van der Waals surface area contributed by atoms with E-state index in [0.717, 1.165) is 6.42 Å². The molecule has 5 heteroatoms. The number of nitrogens with zero attached hydrogens (tertiary/aromatic N) is 1. The molecule has 0 saturated carbocycles. The summed E-state index contributed by atoms with van der Waals surface area (Å²) in [6, 6.07) is 0. The molecule has 0 unspecified atom stereocenters. The third kappa shape index (κ3) is 5.64. The van der Waals surface area contributed by atoms with Gasteiger partial charge in [0.1, 0.15) is 5.60 Å². The van der Waals surface area contributed by atoms with E-state index in [9.17, 15) is 9.59 Å². The van der Waals surface area contributed by atoms with Crippen molar-refractivity contribution in [3.63, 3.8) is 0 Å². The molecule has 0 aromatic heterocycles. The second-order valence-electron chi connectivity index (χ2n) is 5.77. The highest BCUT2D eigenvalue weighted by molar-refractivity contribution is 5.76. The fourth-order valence-corrected chi connectivity index (χ4v) is 1.98. The zero-order valence-corrected chi connectivity index (χ0v) is 11.9. The fraction of sp³-hybridized carbons (Fsp3) is 0.714. The van der Waals surface area contributed by atoms with Crippen LogP contribution in [0.15, 0.2) is 0 Å². The SMILES string of the molecule is C#CCNC(=O)C[C@@H]1CCN(C(=O)OC(C)(C)C)C1. The molecular formula is C14H22N2O3. The van der Waals surface area contributed by atoms with Gasteiger partial charge < -0.3 is 15.0 Å². The topological polar surface area (TPSA) is 58.6 Å². The molecule has 1 rings (SSSR count). The summed E-state index contributed by atoms with van der Waals surface area (Å²) in [5.41, 5.74) is -0.487. The van der Waals surface area contributed by atoms with Gasteiger partial charge in [0.15, 0.2) is 0 Å². The minimum atomic E-state index is -0.487. The minimum Gasteiger partial charge on any atom is -0.444 e. The molecule has 1 aliphatic heterocycles. The van der Waals surface area contributed by atoms with Crippen molar-refractivity contribution in [3.8, 4) is 12.3 Å². The van der Waals surface area contributed by atoms with Crippen LogP contribution in [0.2, 0.25) is 0 Å².